The van der Waals surface area contributed by atoms with Gasteiger partial charge in [0.05, 0.1) is 18.7 Å². The molecule has 1 amide bonds. The maximum atomic E-state index is 13.2. The number of imidazole rings is 1. The zero-order valence-corrected chi connectivity index (χ0v) is 22.2. The molecule has 7 heteroatoms. The van der Waals surface area contributed by atoms with Crippen molar-refractivity contribution in [3.63, 3.8) is 0 Å². The molecule has 0 saturated carbocycles. The number of rotatable bonds is 11. The summed E-state index contributed by atoms with van der Waals surface area (Å²) < 4.78 is 7.48. The van der Waals surface area contributed by atoms with Gasteiger partial charge in [0.2, 0.25) is 0 Å². The zero-order valence-electron chi connectivity index (χ0n) is 22.2. The van der Waals surface area contributed by atoms with E-state index < -0.39 is 5.97 Å². The van der Waals surface area contributed by atoms with Gasteiger partial charge in [0.25, 0.3) is 5.91 Å². The van der Waals surface area contributed by atoms with Gasteiger partial charge in [-0.15, -0.1) is 0 Å². The van der Waals surface area contributed by atoms with E-state index in [0.29, 0.717) is 23.6 Å². The van der Waals surface area contributed by atoms with Crippen LogP contribution in [0.4, 0.5) is 5.69 Å². The van der Waals surface area contributed by atoms with E-state index >= 15 is 0 Å². The first kappa shape index (κ1) is 26.5. The largest absolute Gasteiger partial charge is 0.495 e. The maximum absolute atomic E-state index is 13.2. The number of aliphatic carboxylic acids is 1. The lowest BCUT2D eigenvalue weighted by Crippen LogP contribution is -2.19. The number of ether oxygens (including phenoxy) is 1. The second-order valence-electron chi connectivity index (χ2n) is 9.92. The number of carboxylic acid groups (broad SMARTS) is 1. The molecule has 4 rings (SSSR count). The Balaban J connectivity index is 1.65. The van der Waals surface area contributed by atoms with Gasteiger partial charge in [-0.1, -0.05) is 44.9 Å². The number of anilines is 1. The van der Waals surface area contributed by atoms with Gasteiger partial charge < -0.3 is 19.7 Å². The average molecular weight is 504 g/mol. The first-order valence-corrected chi connectivity index (χ1v) is 13.2. The number of hydrogen-bond donors (Lipinski definition) is 2. The van der Waals surface area contributed by atoms with Crippen molar-refractivity contribution in [2.45, 2.75) is 71.8 Å². The Kier molecular flexibility index (Phi) is 8.31. The fourth-order valence-electron chi connectivity index (χ4n) is 5.40. The summed E-state index contributed by atoms with van der Waals surface area (Å²) in [7, 11) is 1.58. The number of amides is 1. The molecule has 0 saturated heterocycles. The fourth-order valence-corrected chi connectivity index (χ4v) is 5.40. The Morgan fingerprint density at radius 3 is 2.70 bits per heavy atom. The summed E-state index contributed by atoms with van der Waals surface area (Å²) in [5.74, 6) is 0.0265. The van der Waals surface area contributed by atoms with Gasteiger partial charge in [0.1, 0.15) is 17.3 Å². The molecule has 0 radical (unpaired) electrons. The molecule has 0 bridgehead atoms. The lowest BCUT2D eigenvalue weighted by Gasteiger charge is -2.19. The van der Waals surface area contributed by atoms with Gasteiger partial charge in [-0.3, -0.25) is 9.59 Å². The molecule has 2 aromatic carbocycles. The zero-order chi connectivity index (χ0) is 26.5. The van der Waals surface area contributed by atoms with Crippen molar-refractivity contribution in [3.05, 3.63) is 65.0 Å². The van der Waals surface area contributed by atoms with Crippen LogP contribution >= 0.6 is 0 Å². The predicted molar refractivity (Wildman–Crippen MR) is 145 cm³/mol. The normalized spacial score (nSPS) is 15.3. The molecule has 1 aromatic heterocycles. The van der Waals surface area contributed by atoms with E-state index in [1.807, 2.05) is 44.3 Å². The number of fused-ring (bicyclic) bond motifs is 1. The molecule has 2 N–H and O–H groups in total. The van der Waals surface area contributed by atoms with Gasteiger partial charge in [-0.2, -0.15) is 0 Å². The van der Waals surface area contributed by atoms with Gasteiger partial charge in [0, 0.05) is 18.3 Å². The number of unbranched alkanes of at least 4 members (excludes halogenated alkanes) is 2. The van der Waals surface area contributed by atoms with E-state index in [1.165, 1.54) is 5.56 Å². The molecule has 1 aliphatic rings. The van der Waals surface area contributed by atoms with Crippen LogP contribution in [0.15, 0.2) is 42.6 Å². The first-order valence-electron chi connectivity index (χ1n) is 13.2. The van der Waals surface area contributed by atoms with Gasteiger partial charge in [-0.25, -0.2) is 4.98 Å². The highest BCUT2D eigenvalue weighted by Gasteiger charge is 2.33. The van der Waals surface area contributed by atoms with Crippen LogP contribution in [0, 0.1) is 12.8 Å². The molecule has 3 aromatic rings. The highest BCUT2D eigenvalue weighted by atomic mass is 16.5. The monoisotopic (exact) mass is 503 g/mol. The van der Waals surface area contributed by atoms with E-state index in [2.05, 4.69) is 28.9 Å². The molecular formula is C30H37N3O4. The first-order chi connectivity index (χ1) is 17.9. The standard InChI is InChI=1S/C30H37N3O4/c1-5-7-8-15-33-18-26(29(34)32-25-16-19(3)9-14-27(25)37-4)31-28(33)21-11-12-23-20(17-21)10-13-24(23)22(6-2)30(35)36/h9,11-12,14,16-18,22,24H,5-8,10,13,15H2,1-4H3,(H,32,34)(H,35,36). The molecule has 2 atom stereocenters. The van der Waals surface area contributed by atoms with E-state index in [4.69, 9.17) is 9.72 Å². The third-order valence-corrected chi connectivity index (χ3v) is 7.38. The molecular weight excluding hydrogens is 466 g/mol. The number of hydrogen-bond acceptors (Lipinski definition) is 4. The summed E-state index contributed by atoms with van der Waals surface area (Å²) in [5.41, 5.74) is 5.25. The Morgan fingerprint density at radius 2 is 2.00 bits per heavy atom. The van der Waals surface area contributed by atoms with Crippen LogP contribution in [0.5, 0.6) is 5.75 Å². The van der Waals surface area contributed by atoms with Crippen LogP contribution in [0.3, 0.4) is 0 Å². The van der Waals surface area contributed by atoms with Crippen LogP contribution in [0.2, 0.25) is 0 Å². The van der Waals surface area contributed by atoms with Crippen LogP contribution < -0.4 is 10.1 Å². The molecule has 7 nitrogen and oxygen atoms in total. The number of carbonyl (C=O) groups excluding carboxylic acids is 1. The molecule has 2 unspecified atom stereocenters. The van der Waals surface area contributed by atoms with Crippen molar-refractivity contribution in [2.75, 3.05) is 12.4 Å². The van der Waals surface area contributed by atoms with Crippen LogP contribution in [-0.2, 0) is 17.8 Å². The lowest BCUT2D eigenvalue weighted by atomic mass is 9.85. The van der Waals surface area contributed by atoms with E-state index in [9.17, 15) is 14.7 Å². The van der Waals surface area contributed by atoms with Crippen LogP contribution in [-0.4, -0.2) is 33.6 Å². The molecule has 37 heavy (non-hydrogen) atoms. The second-order valence-corrected chi connectivity index (χ2v) is 9.92. The lowest BCUT2D eigenvalue weighted by molar-refractivity contribution is -0.142. The minimum Gasteiger partial charge on any atom is -0.495 e. The summed E-state index contributed by atoms with van der Waals surface area (Å²) in [4.78, 5) is 29.8. The Labute approximate surface area is 218 Å². The predicted octanol–water partition coefficient (Wildman–Crippen LogP) is 6.45. The van der Waals surface area contributed by atoms with Gasteiger partial charge in [-0.05, 0) is 73.4 Å². The number of methoxy groups -OCH3 is 1. The SMILES string of the molecule is CCCCCn1cc(C(=O)Nc2cc(C)ccc2OC)nc1-c1ccc2c(c1)CCC2C(CC)C(=O)O. The number of benzene rings is 2. The van der Waals surface area contributed by atoms with Crippen molar-refractivity contribution in [3.8, 4) is 17.1 Å². The Morgan fingerprint density at radius 1 is 1.19 bits per heavy atom. The number of nitrogens with one attached hydrogen (secondary N) is 1. The smallest absolute Gasteiger partial charge is 0.307 e. The highest BCUT2D eigenvalue weighted by Crippen LogP contribution is 2.41. The summed E-state index contributed by atoms with van der Waals surface area (Å²) in [6, 6.07) is 11.9. The topological polar surface area (TPSA) is 93.5 Å². The van der Waals surface area contributed by atoms with Crippen molar-refractivity contribution in [1.82, 2.24) is 9.55 Å². The van der Waals surface area contributed by atoms with Gasteiger partial charge >= 0.3 is 5.97 Å². The van der Waals surface area contributed by atoms with Crippen LogP contribution in [0.25, 0.3) is 11.4 Å². The minimum atomic E-state index is -0.725. The highest BCUT2D eigenvalue weighted by molar-refractivity contribution is 6.04. The van der Waals surface area contributed by atoms with Crippen molar-refractivity contribution >= 4 is 17.6 Å². The minimum absolute atomic E-state index is 0.0431. The number of carboxylic acids is 1. The molecule has 1 heterocycles. The van der Waals surface area contributed by atoms with Crippen molar-refractivity contribution in [1.29, 1.82) is 0 Å². The van der Waals surface area contributed by atoms with Crippen LogP contribution in [0.1, 0.15) is 79.0 Å². The average Bonchev–Trinajstić information content (AvgIpc) is 3.49. The summed E-state index contributed by atoms with van der Waals surface area (Å²) in [6.07, 6.45) is 7.35. The summed E-state index contributed by atoms with van der Waals surface area (Å²) >= 11 is 0. The third-order valence-electron chi connectivity index (χ3n) is 7.38. The molecule has 0 aliphatic heterocycles. The summed E-state index contributed by atoms with van der Waals surface area (Å²) in [5, 5.41) is 12.6. The number of nitrogens with zero attached hydrogens (tertiary/aromatic N) is 2. The summed E-state index contributed by atoms with van der Waals surface area (Å²) in [6.45, 7) is 6.85. The van der Waals surface area contributed by atoms with E-state index in [-0.39, 0.29) is 17.7 Å². The Bertz CT molecular complexity index is 1280. The number of aryl methyl sites for hydroxylation is 3. The molecule has 0 spiro atoms. The third kappa shape index (κ3) is 5.71. The Hall–Kier alpha value is -3.61. The van der Waals surface area contributed by atoms with Gasteiger partial charge in [0.15, 0.2) is 0 Å². The molecule has 196 valence electrons. The van der Waals surface area contributed by atoms with Crippen molar-refractivity contribution < 1.29 is 19.4 Å². The maximum Gasteiger partial charge on any atom is 0.307 e. The number of carbonyl (C=O) groups is 2. The van der Waals surface area contributed by atoms with E-state index in [1.54, 1.807) is 7.11 Å². The quantitative estimate of drug-likeness (QED) is 0.293. The molecule has 1 aliphatic carbocycles. The van der Waals surface area contributed by atoms with Crippen molar-refractivity contribution in [2.24, 2.45) is 5.92 Å². The number of aromatic nitrogens is 2. The fraction of sp³-hybridized carbons (Fsp3) is 0.433. The van der Waals surface area contributed by atoms with E-state index in [0.717, 1.165) is 61.2 Å². The molecule has 0 fully saturated rings. The second kappa shape index (κ2) is 11.6.